The molecule has 0 spiro atoms. The molecule has 0 N–H and O–H groups in total. The molecule has 8 heteroatoms. The number of likely N-dealkylation sites (tertiary alicyclic amines) is 2. The third kappa shape index (κ3) is 3.76. The van der Waals surface area contributed by atoms with Crippen molar-refractivity contribution in [2.24, 2.45) is 0 Å². The van der Waals surface area contributed by atoms with Crippen LogP contribution in [-0.2, 0) is 9.59 Å². The Labute approximate surface area is 164 Å². The van der Waals surface area contributed by atoms with Crippen molar-refractivity contribution >= 4 is 17.7 Å². The number of ether oxygens (including phenoxy) is 3. The second-order valence-electron chi connectivity index (χ2n) is 6.62. The van der Waals surface area contributed by atoms with Gasteiger partial charge in [-0.1, -0.05) is 0 Å². The van der Waals surface area contributed by atoms with E-state index in [9.17, 15) is 14.4 Å². The lowest BCUT2D eigenvalue weighted by molar-refractivity contribution is -0.144. The predicted octanol–water partition coefficient (Wildman–Crippen LogP) is 1.86. The van der Waals surface area contributed by atoms with Gasteiger partial charge in [0, 0.05) is 31.5 Å². The Bertz CT molecular complexity index is 729. The number of benzene rings is 1. The van der Waals surface area contributed by atoms with Crippen molar-refractivity contribution in [3.63, 3.8) is 0 Å². The quantitative estimate of drug-likeness (QED) is 0.630. The van der Waals surface area contributed by atoms with E-state index in [1.165, 1.54) is 4.90 Å². The Balaban J connectivity index is 1.78. The molecule has 152 valence electrons. The highest BCUT2D eigenvalue weighted by atomic mass is 16.5. The van der Waals surface area contributed by atoms with E-state index in [0.717, 1.165) is 0 Å². The SMILES string of the molecule is CCOc1cc(C(=O)N2CC(N3C(=O)CCC3=O)C2)cc(OCC)c1OCC. The van der Waals surface area contributed by atoms with Gasteiger partial charge in [0.1, 0.15) is 0 Å². The Morgan fingerprint density at radius 3 is 1.89 bits per heavy atom. The number of carbonyl (C=O) groups excluding carboxylic acids is 3. The molecular formula is C20H26N2O6. The van der Waals surface area contributed by atoms with E-state index in [-0.39, 0.29) is 36.6 Å². The first-order chi connectivity index (χ1) is 13.5. The minimum atomic E-state index is -0.230. The van der Waals surface area contributed by atoms with Crippen LogP contribution in [0.5, 0.6) is 17.2 Å². The van der Waals surface area contributed by atoms with Crippen LogP contribution in [0.15, 0.2) is 12.1 Å². The molecular weight excluding hydrogens is 364 g/mol. The maximum absolute atomic E-state index is 12.9. The summed E-state index contributed by atoms with van der Waals surface area (Å²) in [5.74, 6) is 0.903. The molecule has 2 saturated heterocycles. The molecule has 0 radical (unpaired) electrons. The number of amides is 3. The van der Waals surface area contributed by atoms with Crippen molar-refractivity contribution in [1.82, 2.24) is 9.80 Å². The fourth-order valence-electron chi connectivity index (χ4n) is 3.48. The van der Waals surface area contributed by atoms with Gasteiger partial charge in [0.05, 0.1) is 25.9 Å². The van der Waals surface area contributed by atoms with Gasteiger partial charge in [-0.2, -0.15) is 0 Å². The van der Waals surface area contributed by atoms with Crippen molar-refractivity contribution < 1.29 is 28.6 Å². The molecule has 1 aromatic rings. The first-order valence-electron chi connectivity index (χ1n) is 9.70. The zero-order chi connectivity index (χ0) is 20.3. The lowest BCUT2D eigenvalue weighted by Gasteiger charge is -2.43. The predicted molar refractivity (Wildman–Crippen MR) is 101 cm³/mol. The molecule has 0 saturated carbocycles. The molecule has 2 aliphatic heterocycles. The minimum Gasteiger partial charge on any atom is -0.490 e. The zero-order valence-corrected chi connectivity index (χ0v) is 16.5. The summed E-state index contributed by atoms with van der Waals surface area (Å²) in [7, 11) is 0. The normalized spacial score (nSPS) is 17.0. The summed E-state index contributed by atoms with van der Waals surface area (Å²) < 4.78 is 17.0. The van der Waals surface area contributed by atoms with Crippen LogP contribution in [0.2, 0.25) is 0 Å². The summed E-state index contributed by atoms with van der Waals surface area (Å²) in [6, 6.07) is 3.07. The van der Waals surface area contributed by atoms with Gasteiger partial charge in [0.25, 0.3) is 5.91 Å². The highest BCUT2D eigenvalue weighted by Crippen LogP contribution is 2.39. The number of carbonyl (C=O) groups is 3. The van der Waals surface area contributed by atoms with Crippen molar-refractivity contribution in [2.75, 3.05) is 32.9 Å². The van der Waals surface area contributed by atoms with Gasteiger partial charge in [-0.15, -0.1) is 0 Å². The molecule has 8 nitrogen and oxygen atoms in total. The van der Waals surface area contributed by atoms with Gasteiger partial charge in [-0.3, -0.25) is 19.3 Å². The lowest BCUT2D eigenvalue weighted by Crippen LogP contribution is -2.62. The number of hydrogen-bond acceptors (Lipinski definition) is 6. The van der Waals surface area contributed by atoms with Gasteiger partial charge in [-0.25, -0.2) is 0 Å². The summed E-state index contributed by atoms with van der Waals surface area (Å²) in [6.45, 7) is 7.56. The lowest BCUT2D eigenvalue weighted by atomic mass is 10.0. The Kier molecular flexibility index (Phi) is 6.06. The van der Waals surface area contributed by atoms with E-state index in [0.29, 0.717) is 55.7 Å². The van der Waals surface area contributed by atoms with Crippen LogP contribution in [0, 0.1) is 0 Å². The van der Waals surface area contributed by atoms with Crippen molar-refractivity contribution in [2.45, 2.75) is 39.7 Å². The largest absolute Gasteiger partial charge is 0.490 e. The molecule has 2 aliphatic rings. The van der Waals surface area contributed by atoms with Gasteiger partial charge >= 0.3 is 0 Å². The Morgan fingerprint density at radius 1 is 0.929 bits per heavy atom. The first-order valence-corrected chi connectivity index (χ1v) is 9.70. The Hall–Kier alpha value is -2.77. The molecule has 3 rings (SSSR count). The van der Waals surface area contributed by atoms with E-state index >= 15 is 0 Å². The van der Waals surface area contributed by atoms with Crippen molar-refractivity contribution in [3.05, 3.63) is 17.7 Å². The third-order valence-electron chi connectivity index (χ3n) is 4.76. The van der Waals surface area contributed by atoms with Gasteiger partial charge in [0.2, 0.25) is 17.6 Å². The van der Waals surface area contributed by atoms with E-state index in [2.05, 4.69) is 0 Å². The highest BCUT2D eigenvalue weighted by molar-refractivity contribution is 6.03. The average molecular weight is 390 g/mol. The van der Waals surface area contributed by atoms with Crippen LogP contribution in [-0.4, -0.2) is 66.5 Å². The monoisotopic (exact) mass is 390 g/mol. The molecule has 0 atom stereocenters. The molecule has 2 fully saturated rings. The van der Waals surface area contributed by atoms with E-state index in [1.807, 2.05) is 20.8 Å². The van der Waals surface area contributed by atoms with Crippen LogP contribution in [0.4, 0.5) is 0 Å². The second-order valence-corrected chi connectivity index (χ2v) is 6.62. The van der Waals surface area contributed by atoms with Crippen LogP contribution < -0.4 is 14.2 Å². The summed E-state index contributed by atoms with van der Waals surface area (Å²) >= 11 is 0. The Morgan fingerprint density at radius 2 is 1.43 bits per heavy atom. The van der Waals surface area contributed by atoms with Gasteiger partial charge < -0.3 is 19.1 Å². The number of rotatable bonds is 8. The van der Waals surface area contributed by atoms with E-state index in [4.69, 9.17) is 14.2 Å². The zero-order valence-electron chi connectivity index (χ0n) is 16.5. The highest BCUT2D eigenvalue weighted by Gasteiger charge is 2.43. The molecule has 0 aliphatic carbocycles. The van der Waals surface area contributed by atoms with Crippen LogP contribution >= 0.6 is 0 Å². The number of imide groups is 1. The van der Waals surface area contributed by atoms with Gasteiger partial charge in [0.15, 0.2) is 11.5 Å². The molecule has 0 bridgehead atoms. The van der Waals surface area contributed by atoms with Crippen LogP contribution in [0.25, 0.3) is 0 Å². The van der Waals surface area contributed by atoms with E-state index < -0.39 is 0 Å². The maximum Gasteiger partial charge on any atom is 0.254 e. The summed E-state index contributed by atoms with van der Waals surface area (Å²) in [4.78, 5) is 39.5. The van der Waals surface area contributed by atoms with Crippen molar-refractivity contribution in [3.8, 4) is 17.2 Å². The standard InChI is InChI=1S/C20H26N2O6/c1-4-26-15-9-13(10-16(27-5-2)19(15)28-6-3)20(25)21-11-14(12-21)22-17(23)7-8-18(22)24/h9-10,14H,4-8,11-12H2,1-3H3. The number of hydrogen-bond donors (Lipinski definition) is 0. The van der Waals surface area contributed by atoms with Crippen LogP contribution in [0.3, 0.4) is 0 Å². The van der Waals surface area contributed by atoms with Crippen LogP contribution in [0.1, 0.15) is 44.0 Å². The third-order valence-corrected chi connectivity index (χ3v) is 4.76. The molecule has 1 aromatic carbocycles. The van der Waals surface area contributed by atoms with E-state index in [1.54, 1.807) is 17.0 Å². The first kappa shape index (κ1) is 20.0. The number of nitrogens with zero attached hydrogens (tertiary/aromatic N) is 2. The average Bonchev–Trinajstić information content (AvgIpc) is 2.95. The maximum atomic E-state index is 12.9. The summed E-state index contributed by atoms with van der Waals surface area (Å²) in [5, 5.41) is 0. The fourth-order valence-corrected chi connectivity index (χ4v) is 3.48. The molecule has 0 unspecified atom stereocenters. The summed E-state index contributed by atoms with van der Waals surface area (Å²) in [6.07, 6.45) is 0.523. The minimum absolute atomic E-state index is 0.152. The molecule has 3 amide bonds. The molecule has 28 heavy (non-hydrogen) atoms. The second kappa shape index (κ2) is 8.50. The molecule has 2 heterocycles. The topological polar surface area (TPSA) is 85.4 Å². The van der Waals surface area contributed by atoms with Gasteiger partial charge in [-0.05, 0) is 32.9 Å². The fraction of sp³-hybridized carbons (Fsp3) is 0.550. The molecule has 0 aromatic heterocycles. The summed E-state index contributed by atoms with van der Waals surface area (Å²) in [5.41, 5.74) is 0.424. The smallest absolute Gasteiger partial charge is 0.254 e. The van der Waals surface area contributed by atoms with Crippen molar-refractivity contribution in [1.29, 1.82) is 0 Å².